The SMILES string of the molecule is CCCOC(=O)C(C#N)=Nc1ccc(N(C)CCC#N)cc1. The predicted molar refractivity (Wildman–Crippen MR) is 83.9 cm³/mol. The van der Waals surface area contributed by atoms with Crippen molar-refractivity contribution < 1.29 is 9.53 Å². The Bertz CT molecular complexity index is 609. The molecule has 0 fully saturated rings. The molecule has 0 heterocycles. The number of aliphatic imine (C=N–C) groups is 1. The van der Waals surface area contributed by atoms with E-state index in [1.807, 2.05) is 31.0 Å². The number of hydrogen-bond donors (Lipinski definition) is 0. The number of anilines is 1. The monoisotopic (exact) mass is 298 g/mol. The summed E-state index contributed by atoms with van der Waals surface area (Å²) >= 11 is 0. The van der Waals surface area contributed by atoms with Crippen molar-refractivity contribution in [3.63, 3.8) is 0 Å². The summed E-state index contributed by atoms with van der Waals surface area (Å²) in [5, 5.41) is 17.6. The van der Waals surface area contributed by atoms with Crippen molar-refractivity contribution in [2.45, 2.75) is 19.8 Å². The summed E-state index contributed by atoms with van der Waals surface area (Å²) < 4.78 is 4.89. The predicted octanol–water partition coefficient (Wildman–Crippen LogP) is 2.59. The number of rotatable bonds is 7. The van der Waals surface area contributed by atoms with E-state index in [0.717, 1.165) is 5.69 Å². The molecule has 0 N–H and O–H groups in total. The lowest BCUT2D eigenvalue weighted by Gasteiger charge is -2.17. The summed E-state index contributed by atoms with van der Waals surface area (Å²) in [6, 6.07) is 10.9. The molecule has 1 aromatic carbocycles. The molecular formula is C16H18N4O2. The highest BCUT2D eigenvalue weighted by atomic mass is 16.5. The van der Waals surface area contributed by atoms with E-state index in [4.69, 9.17) is 15.3 Å². The Labute approximate surface area is 130 Å². The van der Waals surface area contributed by atoms with Crippen LogP contribution in [0.25, 0.3) is 0 Å². The standard InChI is InChI=1S/C16H18N4O2/c1-3-11-22-16(21)15(12-18)19-13-5-7-14(8-6-13)20(2)10-4-9-17/h5-8H,3-4,10-11H2,1-2H3. The van der Waals surface area contributed by atoms with Gasteiger partial charge in [0, 0.05) is 19.3 Å². The summed E-state index contributed by atoms with van der Waals surface area (Å²) in [7, 11) is 1.89. The molecule has 0 saturated heterocycles. The van der Waals surface area contributed by atoms with Crippen LogP contribution in [0.5, 0.6) is 0 Å². The first-order valence-corrected chi connectivity index (χ1v) is 6.96. The maximum Gasteiger partial charge on any atom is 0.367 e. The third-order valence-electron chi connectivity index (χ3n) is 2.83. The van der Waals surface area contributed by atoms with Gasteiger partial charge in [0.05, 0.1) is 24.8 Å². The number of nitriles is 2. The molecule has 0 aliphatic heterocycles. The molecule has 6 nitrogen and oxygen atoms in total. The number of hydrogen-bond acceptors (Lipinski definition) is 6. The smallest absolute Gasteiger partial charge is 0.367 e. The second-order valence-electron chi connectivity index (χ2n) is 4.55. The maximum absolute atomic E-state index is 11.6. The average molecular weight is 298 g/mol. The van der Waals surface area contributed by atoms with Gasteiger partial charge in [-0.1, -0.05) is 6.92 Å². The third-order valence-corrected chi connectivity index (χ3v) is 2.83. The Morgan fingerprint density at radius 2 is 2.00 bits per heavy atom. The van der Waals surface area contributed by atoms with Crippen LogP contribution in [0.4, 0.5) is 11.4 Å². The summed E-state index contributed by atoms with van der Waals surface area (Å²) in [6.07, 6.45) is 1.13. The first kappa shape index (κ1) is 17.2. The topological polar surface area (TPSA) is 89.5 Å². The molecule has 0 aromatic heterocycles. The number of nitrogens with zero attached hydrogens (tertiary/aromatic N) is 4. The van der Waals surface area contributed by atoms with Crippen molar-refractivity contribution in [2.75, 3.05) is 25.1 Å². The molecule has 0 amide bonds. The van der Waals surface area contributed by atoms with Crippen molar-refractivity contribution in [1.29, 1.82) is 10.5 Å². The van der Waals surface area contributed by atoms with Gasteiger partial charge in [-0.15, -0.1) is 0 Å². The van der Waals surface area contributed by atoms with Crippen LogP contribution in [0.1, 0.15) is 19.8 Å². The molecule has 0 bridgehead atoms. The van der Waals surface area contributed by atoms with Crippen LogP contribution >= 0.6 is 0 Å². The summed E-state index contributed by atoms with van der Waals surface area (Å²) in [4.78, 5) is 17.6. The largest absolute Gasteiger partial charge is 0.460 e. The highest BCUT2D eigenvalue weighted by Crippen LogP contribution is 2.19. The van der Waals surface area contributed by atoms with E-state index in [0.29, 0.717) is 25.1 Å². The Hall–Kier alpha value is -2.86. The lowest BCUT2D eigenvalue weighted by atomic mass is 10.2. The van der Waals surface area contributed by atoms with Gasteiger partial charge in [-0.2, -0.15) is 10.5 Å². The van der Waals surface area contributed by atoms with E-state index in [1.54, 1.807) is 18.2 Å². The van der Waals surface area contributed by atoms with Gasteiger partial charge in [0.1, 0.15) is 6.07 Å². The fourth-order valence-corrected chi connectivity index (χ4v) is 1.64. The van der Waals surface area contributed by atoms with Gasteiger partial charge in [0.2, 0.25) is 5.71 Å². The van der Waals surface area contributed by atoms with Crippen LogP contribution in [-0.4, -0.2) is 31.9 Å². The van der Waals surface area contributed by atoms with Gasteiger partial charge in [-0.3, -0.25) is 0 Å². The first-order valence-electron chi connectivity index (χ1n) is 6.96. The van der Waals surface area contributed by atoms with Gasteiger partial charge in [-0.25, -0.2) is 9.79 Å². The van der Waals surface area contributed by atoms with Gasteiger partial charge in [0.15, 0.2) is 0 Å². The van der Waals surface area contributed by atoms with Crippen molar-refractivity contribution in [3.8, 4) is 12.1 Å². The van der Waals surface area contributed by atoms with E-state index >= 15 is 0 Å². The third kappa shape index (κ3) is 5.26. The Kier molecular flexibility index (Phi) is 7.15. The quantitative estimate of drug-likeness (QED) is 0.570. The molecule has 0 unspecified atom stereocenters. The molecular weight excluding hydrogens is 280 g/mol. The van der Waals surface area contributed by atoms with Gasteiger partial charge < -0.3 is 9.64 Å². The minimum absolute atomic E-state index is 0.265. The van der Waals surface area contributed by atoms with Crippen LogP contribution in [0.15, 0.2) is 29.3 Å². The highest BCUT2D eigenvalue weighted by Gasteiger charge is 2.12. The zero-order valence-corrected chi connectivity index (χ0v) is 12.7. The van der Waals surface area contributed by atoms with Crippen molar-refractivity contribution in [3.05, 3.63) is 24.3 Å². The number of benzene rings is 1. The molecule has 6 heteroatoms. The zero-order chi connectivity index (χ0) is 16.4. The Balaban J connectivity index is 2.81. The Morgan fingerprint density at radius 3 is 2.55 bits per heavy atom. The summed E-state index contributed by atoms with van der Waals surface area (Å²) in [5.74, 6) is -0.709. The molecule has 22 heavy (non-hydrogen) atoms. The van der Waals surface area contributed by atoms with E-state index in [1.165, 1.54) is 0 Å². The molecule has 0 aliphatic carbocycles. The second kappa shape index (κ2) is 9.15. The van der Waals surface area contributed by atoms with E-state index in [9.17, 15) is 4.79 Å². The van der Waals surface area contributed by atoms with Crippen LogP contribution in [0.3, 0.4) is 0 Å². The number of esters is 1. The molecule has 0 aliphatic rings. The van der Waals surface area contributed by atoms with E-state index in [2.05, 4.69) is 11.1 Å². The first-order chi connectivity index (χ1) is 10.6. The second-order valence-corrected chi connectivity index (χ2v) is 4.55. The Morgan fingerprint density at radius 1 is 1.32 bits per heavy atom. The number of carbonyl (C=O) groups excluding carboxylic acids is 1. The van der Waals surface area contributed by atoms with Crippen LogP contribution in [0, 0.1) is 22.7 Å². The molecule has 0 radical (unpaired) electrons. The fourth-order valence-electron chi connectivity index (χ4n) is 1.64. The zero-order valence-electron chi connectivity index (χ0n) is 12.7. The van der Waals surface area contributed by atoms with Gasteiger partial charge in [0.25, 0.3) is 0 Å². The molecule has 0 saturated carbocycles. The van der Waals surface area contributed by atoms with E-state index < -0.39 is 5.97 Å². The number of ether oxygens (including phenoxy) is 1. The molecule has 1 rings (SSSR count). The lowest BCUT2D eigenvalue weighted by molar-refractivity contribution is -0.135. The van der Waals surface area contributed by atoms with Crippen molar-refractivity contribution in [1.82, 2.24) is 0 Å². The minimum atomic E-state index is -0.709. The molecule has 0 atom stereocenters. The van der Waals surface area contributed by atoms with Crippen LogP contribution < -0.4 is 4.90 Å². The molecule has 0 spiro atoms. The normalized spacial score (nSPS) is 10.5. The fraction of sp³-hybridized carbons (Fsp3) is 0.375. The van der Waals surface area contributed by atoms with Crippen LogP contribution in [-0.2, 0) is 9.53 Å². The van der Waals surface area contributed by atoms with Crippen molar-refractivity contribution >= 4 is 23.1 Å². The van der Waals surface area contributed by atoms with E-state index in [-0.39, 0.29) is 12.3 Å². The maximum atomic E-state index is 11.6. The summed E-state index contributed by atoms with van der Waals surface area (Å²) in [5.41, 5.74) is 1.17. The van der Waals surface area contributed by atoms with Crippen LogP contribution in [0.2, 0.25) is 0 Å². The van der Waals surface area contributed by atoms with Gasteiger partial charge >= 0.3 is 5.97 Å². The average Bonchev–Trinajstić information content (AvgIpc) is 2.55. The summed E-state index contributed by atoms with van der Waals surface area (Å²) in [6.45, 7) is 2.77. The molecule has 1 aromatic rings. The molecule has 114 valence electrons. The highest BCUT2D eigenvalue weighted by molar-refractivity contribution is 6.43. The number of carbonyl (C=O) groups is 1. The van der Waals surface area contributed by atoms with Gasteiger partial charge in [-0.05, 0) is 30.7 Å². The lowest BCUT2D eigenvalue weighted by Crippen LogP contribution is -2.17. The minimum Gasteiger partial charge on any atom is -0.460 e. The van der Waals surface area contributed by atoms with Crippen molar-refractivity contribution in [2.24, 2.45) is 4.99 Å².